The summed E-state index contributed by atoms with van der Waals surface area (Å²) in [4.78, 5) is 0. The van der Waals surface area contributed by atoms with Crippen LogP contribution in [0.1, 0.15) is 18.0 Å². The minimum Gasteiger partial charge on any atom is -0.497 e. The molecular weight excluding hydrogens is 164 g/mol. The lowest BCUT2D eigenvalue weighted by molar-refractivity contribution is 0.414. The molecule has 0 radical (unpaired) electrons. The fourth-order valence-electron chi connectivity index (χ4n) is 1.09. The van der Waals surface area contributed by atoms with Gasteiger partial charge in [-0.1, -0.05) is 12.1 Å². The van der Waals surface area contributed by atoms with Crippen LogP contribution in [0.4, 0.5) is 0 Å². The van der Waals surface area contributed by atoms with Crippen molar-refractivity contribution in [3.63, 3.8) is 0 Å². The van der Waals surface area contributed by atoms with Gasteiger partial charge in [0.25, 0.3) is 0 Å². The number of rotatable bonds is 3. The molecule has 0 fully saturated rings. The number of hydrogen-bond donors (Lipinski definition) is 1. The quantitative estimate of drug-likeness (QED) is 0.761. The molecule has 1 aromatic carbocycles. The van der Waals surface area contributed by atoms with Gasteiger partial charge in [-0.05, 0) is 17.7 Å². The fraction of sp³-hybridized carbons (Fsp3) is 0.300. The van der Waals surface area contributed by atoms with Crippen LogP contribution in [-0.4, -0.2) is 7.11 Å². The molecule has 0 amide bonds. The van der Waals surface area contributed by atoms with Gasteiger partial charge < -0.3 is 10.5 Å². The van der Waals surface area contributed by atoms with Crippen LogP contribution in [0.5, 0.6) is 5.75 Å². The Balaban J connectivity index is 2.83. The van der Waals surface area contributed by atoms with Gasteiger partial charge in [-0.25, -0.2) is 0 Å². The largest absolute Gasteiger partial charge is 0.497 e. The summed E-state index contributed by atoms with van der Waals surface area (Å²) < 4.78 is 5.04. The molecule has 0 unspecified atom stereocenters. The maximum atomic E-state index is 8.46. The molecule has 0 aliphatic rings. The number of nitrogens with two attached hydrogens (primary N) is 1. The Morgan fingerprint density at radius 2 is 2.38 bits per heavy atom. The molecule has 0 aliphatic heterocycles. The Hall–Kier alpha value is -1.53. The van der Waals surface area contributed by atoms with Gasteiger partial charge in [0.2, 0.25) is 0 Å². The third kappa shape index (κ3) is 2.46. The van der Waals surface area contributed by atoms with Crippen LogP contribution in [0.3, 0.4) is 0 Å². The second-order valence-corrected chi connectivity index (χ2v) is 2.75. The summed E-state index contributed by atoms with van der Waals surface area (Å²) in [5.74, 6) is 0.769. The highest BCUT2D eigenvalue weighted by atomic mass is 16.5. The molecule has 0 saturated heterocycles. The zero-order valence-corrected chi connectivity index (χ0v) is 7.53. The van der Waals surface area contributed by atoms with Gasteiger partial charge in [0.05, 0.1) is 19.6 Å². The summed E-state index contributed by atoms with van der Waals surface area (Å²) in [6.07, 6.45) is 0.327. The standard InChI is InChI=1S/C10H12N2O/c1-13-9-4-2-3-8(7-9)10(12)5-6-11/h2-4,7,10H,5,12H2,1H3/t10-/m0/s1. The summed E-state index contributed by atoms with van der Waals surface area (Å²) in [6, 6.07) is 9.27. The van der Waals surface area contributed by atoms with Gasteiger partial charge in [0, 0.05) is 6.04 Å². The summed E-state index contributed by atoms with van der Waals surface area (Å²) in [5, 5.41) is 8.46. The van der Waals surface area contributed by atoms with Crippen LogP contribution in [-0.2, 0) is 0 Å². The summed E-state index contributed by atoms with van der Waals surface area (Å²) in [6.45, 7) is 0. The van der Waals surface area contributed by atoms with Crippen LogP contribution in [0.25, 0.3) is 0 Å². The highest BCUT2D eigenvalue weighted by Crippen LogP contribution is 2.18. The van der Waals surface area contributed by atoms with Gasteiger partial charge >= 0.3 is 0 Å². The van der Waals surface area contributed by atoms with E-state index in [1.165, 1.54) is 0 Å². The lowest BCUT2D eigenvalue weighted by Gasteiger charge is -2.08. The minimum atomic E-state index is -0.222. The first-order valence-corrected chi connectivity index (χ1v) is 4.04. The molecule has 1 rings (SSSR count). The van der Waals surface area contributed by atoms with Gasteiger partial charge in [-0.2, -0.15) is 5.26 Å². The maximum absolute atomic E-state index is 8.46. The van der Waals surface area contributed by atoms with Crippen molar-refractivity contribution in [2.45, 2.75) is 12.5 Å². The number of ether oxygens (including phenoxy) is 1. The molecule has 1 aromatic rings. The van der Waals surface area contributed by atoms with E-state index in [1.54, 1.807) is 7.11 Å². The van der Waals surface area contributed by atoms with Gasteiger partial charge in [-0.15, -0.1) is 0 Å². The van der Waals surface area contributed by atoms with Crippen molar-refractivity contribution in [2.24, 2.45) is 5.73 Å². The summed E-state index contributed by atoms with van der Waals surface area (Å²) in [5.41, 5.74) is 6.68. The van der Waals surface area contributed by atoms with Crippen molar-refractivity contribution >= 4 is 0 Å². The van der Waals surface area contributed by atoms with E-state index in [1.807, 2.05) is 30.3 Å². The zero-order chi connectivity index (χ0) is 9.68. The van der Waals surface area contributed by atoms with Crippen molar-refractivity contribution in [1.82, 2.24) is 0 Å². The first-order chi connectivity index (χ1) is 6.27. The average Bonchev–Trinajstić information content (AvgIpc) is 2.18. The molecule has 13 heavy (non-hydrogen) atoms. The van der Waals surface area contributed by atoms with Crippen LogP contribution < -0.4 is 10.5 Å². The lowest BCUT2D eigenvalue weighted by Crippen LogP contribution is -2.08. The molecule has 2 N–H and O–H groups in total. The fourth-order valence-corrected chi connectivity index (χ4v) is 1.09. The van der Waals surface area contributed by atoms with E-state index in [4.69, 9.17) is 15.7 Å². The van der Waals surface area contributed by atoms with Gasteiger partial charge in [-0.3, -0.25) is 0 Å². The first-order valence-electron chi connectivity index (χ1n) is 4.04. The topological polar surface area (TPSA) is 59.0 Å². The van der Waals surface area contributed by atoms with Crippen LogP contribution in [0.15, 0.2) is 24.3 Å². The number of methoxy groups -OCH3 is 1. The Morgan fingerprint density at radius 1 is 1.62 bits per heavy atom. The smallest absolute Gasteiger partial charge is 0.119 e. The van der Waals surface area contributed by atoms with Crippen molar-refractivity contribution in [1.29, 1.82) is 5.26 Å². The van der Waals surface area contributed by atoms with Crippen LogP contribution >= 0.6 is 0 Å². The molecule has 3 nitrogen and oxygen atoms in total. The van der Waals surface area contributed by atoms with Crippen molar-refractivity contribution in [3.05, 3.63) is 29.8 Å². The average molecular weight is 176 g/mol. The van der Waals surface area contributed by atoms with Crippen molar-refractivity contribution in [3.8, 4) is 11.8 Å². The molecular formula is C10H12N2O. The second kappa shape index (κ2) is 4.48. The molecule has 0 aliphatic carbocycles. The lowest BCUT2D eigenvalue weighted by atomic mass is 10.1. The van der Waals surface area contributed by atoms with Gasteiger partial charge in [0.1, 0.15) is 5.75 Å². The third-order valence-corrected chi connectivity index (χ3v) is 1.83. The van der Waals surface area contributed by atoms with Gasteiger partial charge in [0.15, 0.2) is 0 Å². The third-order valence-electron chi connectivity index (χ3n) is 1.83. The first kappa shape index (κ1) is 9.56. The molecule has 68 valence electrons. The molecule has 0 spiro atoms. The predicted molar refractivity (Wildman–Crippen MR) is 50.2 cm³/mol. The Labute approximate surface area is 77.7 Å². The maximum Gasteiger partial charge on any atom is 0.119 e. The highest BCUT2D eigenvalue weighted by Gasteiger charge is 2.05. The van der Waals surface area contributed by atoms with E-state index in [0.717, 1.165) is 11.3 Å². The zero-order valence-electron chi connectivity index (χ0n) is 7.53. The molecule has 0 saturated carbocycles. The molecule has 0 bridgehead atoms. The van der Waals surface area contributed by atoms with E-state index >= 15 is 0 Å². The monoisotopic (exact) mass is 176 g/mol. The second-order valence-electron chi connectivity index (χ2n) is 2.75. The van der Waals surface area contributed by atoms with Crippen molar-refractivity contribution < 1.29 is 4.74 Å². The van der Waals surface area contributed by atoms with Crippen LogP contribution in [0.2, 0.25) is 0 Å². The Bertz CT molecular complexity index is 317. The minimum absolute atomic E-state index is 0.222. The van der Waals surface area contributed by atoms with E-state index in [2.05, 4.69) is 0 Å². The molecule has 0 heterocycles. The van der Waals surface area contributed by atoms with E-state index < -0.39 is 0 Å². The van der Waals surface area contributed by atoms with Crippen molar-refractivity contribution in [2.75, 3.05) is 7.11 Å². The Kier molecular flexibility index (Phi) is 3.30. The number of hydrogen-bond acceptors (Lipinski definition) is 3. The Morgan fingerprint density at radius 3 is 3.00 bits per heavy atom. The number of nitrogens with zero attached hydrogens (tertiary/aromatic N) is 1. The molecule has 0 aromatic heterocycles. The molecule has 3 heteroatoms. The molecule has 1 atom stereocenters. The predicted octanol–water partition coefficient (Wildman–Crippen LogP) is 1.61. The summed E-state index contributed by atoms with van der Waals surface area (Å²) >= 11 is 0. The van der Waals surface area contributed by atoms with Crippen LogP contribution in [0, 0.1) is 11.3 Å². The highest BCUT2D eigenvalue weighted by molar-refractivity contribution is 5.30. The SMILES string of the molecule is COc1cccc([C@@H](N)CC#N)c1. The summed E-state index contributed by atoms with van der Waals surface area (Å²) in [7, 11) is 1.61. The number of benzene rings is 1. The van der Waals surface area contributed by atoms with E-state index in [-0.39, 0.29) is 6.04 Å². The van der Waals surface area contributed by atoms with E-state index in [0.29, 0.717) is 6.42 Å². The van der Waals surface area contributed by atoms with E-state index in [9.17, 15) is 0 Å². The normalized spacial score (nSPS) is 11.8. The number of nitriles is 1.